The normalized spacial score (nSPS) is 27.7. The van der Waals surface area contributed by atoms with E-state index in [2.05, 4.69) is 10.1 Å². The fourth-order valence-corrected chi connectivity index (χ4v) is 3.82. The van der Waals surface area contributed by atoms with Gasteiger partial charge in [0.1, 0.15) is 11.3 Å². The molecule has 0 spiro atoms. The van der Waals surface area contributed by atoms with E-state index >= 15 is 0 Å². The van der Waals surface area contributed by atoms with E-state index in [0.29, 0.717) is 10.8 Å². The maximum Gasteiger partial charge on any atom is 0.362 e. The third kappa shape index (κ3) is 3.09. The lowest BCUT2D eigenvalue weighted by Gasteiger charge is -2.44. The molecule has 0 amide bonds. The van der Waals surface area contributed by atoms with Gasteiger partial charge in [-0.2, -0.15) is 0 Å². The predicted molar refractivity (Wildman–Crippen MR) is 84.7 cm³/mol. The highest BCUT2D eigenvalue weighted by molar-refractivity contribution is 7.13. The molecule has 120 valence electrons. The second-order valence-corrected chi connectivity index (χ2v) is 6.88. The number of anilines is 1. The minimum atomic E-state index is -0.520. The van der Waals surface area contributed by atoms with Crippen LogP contribution in [0.5, 0.6) is 0 Å². The summed E-state index contributed by atoms with van der Waals surface area (Å²) in [6.07, 6.45) is 6.60. The molecular formula is C15H21N3O3S. The molecule has 0 aromatic carbocycles. The average molecular weight is 323 g/mol. The Balaban J connectivity index is 1.80. The summed E-state index contributed by atoms with van der Waals surface area (Å²) < 4.78 is 5.06. The van der Waals surface area contributed by atoms with E-state index in [1.807, 2.05) is 0 Å². The number of oxime groups is 1. The monoisotopic (exact) mass is 323 g/mol. The standard InChI is InChI=1S/C15H21N3O3S/c1-2-20-13(19)12(11-9-22-14(16)17-11)18-21-15-6-3-10(4-7-15)5-8-15/h9-10H,2-8H2,1H3,(H2,16,17)/b18-12-. The van der Waals surface area contributed by atoms with Crippen molar-refractivity contribution in [2.24, 2.45) is 11.1 Å². The average Bonchev–Trinajstić information content (AvgIpc) is 2.96. The van der Waals surface area contributed by atoms with Crippen LogP contribution in [0, 0.1) is 5.92 Å². The Kier molecular flexibility index (Phi) is 4.33. The summed E-state index contributed by atoms with van der Waals surface area (Å²) in [6.45, 7) is 2.04. The lowest BCUT2D eigenvalue weighted by Crippen LogP contribution is -2.41. The van der Waals surface area contributed by atoms with Crippen LogP contribution in [0.25, 0.3) is 0 Å². The number of nitrogens with zero attached hydrogens (tertiary/aromatic N) is 2. The molecule has 22 heavy (non-hydrogen) atoms. The lowest BCUT2D eigenvalue weighted by molar-refractivity contribution is -0.136. The first-order valence-electron chi connectivity index (χ1n) is 7.76. The molecule has 3 fully saturated rings. The quantitative estimate of drug-likeness (QED) is 0.511. The second kappa shape index (κ2) is 6.24. The van der Waals surface area contributed by atoms with Crippen LogP contribution in [0.15, 0.2) is 10.5 Å². The molecule has 3 aliphatic carbocycles. The zero-order valence-corrected chi connectivity index (χ0v) is 13.5. The van der Waals surface area contributed by atoms with Crippen LogP contribution in [-0.4, -0.2) is 28.9 Å². The first-order chi connectivity index (χ1) is 10.6. The number of nitrogens with two attached hydrogens (primary N) is 1. The van der Waals surface area contributed by atoms with E-state index in [0.717, 1.165) is 25.2 Å². The Bertz CT molecular complexity index is 563. The topological polar surface area (TPSA) is 86.8 Å². The molecule has 0 unspecified atom stereocenters. The van der Waals surface area contributed by atoms with Gasteiger partial charge in [0.2, 0.25) is 5.71 Å². The van der Waals surface area contributed by atoms with Crippen LogP contribution < -0.4 is 5.73 Å². The largest absolute Gasteiger partial charge is 0.461 e. The molecule has 1 aromatic rings. The smallest absolute Gasteiger partial charge is 0.362 e. The second-order valence-electron chi connectivity index (χ2n) is 5.99. The van der Waals surface area contributed by atoms with Gasteiger partial charge in [-0.1, -0.05) is 5.16 Å². The molecule has 0 radical (unpaired) electrons. The minimum Gasteiger partial charge on any atom is -0.461 e. The van der Waals surface area contributed by atoms with E-state index in [9.17, 15) is 4.79 Å². The third-order valence-electron chi connectivity index (χ3n) is 4.59. The van der Waals surface area contributed by atoms with E-state index < -0.39 is 5.97 Å². The third-order valence-corrected chi connectivity index (χ3v) is 5.26. The maximum absolute atomic E-state index is 12.1. The molecule has 7 heteroatoms. The number of fused-ring (bicyclic) bond motifs is 3. The van der Waals surface area contributed by atoms with Crippen molar-refractivity contribution in [3.05, 3.63) is 11.1 Å². The molecule has 2 N–H and O–H groups in total. The molecule has 1 heterocycles. The van der Waals surface area contributed by atoms with E-state index in [1.54, 1.807) is 12.3 Å². The molecule has 3 saturated carbocycles. The van der Waals surface area contributed by atoms with Crippen molar-refractivity contribution in [1.29, 1.82) is 0 Å². The van der Waals surface area contributed by atoms with Crippen LogP contribution in [0.1, 0.15) is 51.1 Å². The molecule has 1 aromatic heterocycles. The predicted octanol–water partition coefficient (Wildman–Crippen LogP) is 2.73. The summed E-state index contributed by atoms with van der Waals surface area (Å²) in [5.41, 5.74) is 5.96. The van der Waals surface area contributed by atoms with E-state index in [-0.39, 0.29) is 17.9 Å². The summed E-state index contributed by atoms with van der Waals surface area (Å²) in [7, 11) is 0. The molecule has 3 aliphatic rings. The molecule has 0 aliphatic heterocycles. The summed E-state index contributed by atoms with van der Waals surface area (Å²) >= 11 is 1.26. The Morgan fingerprint density at radius 1 is 1.45 bits per heavy atom. The number of hydrogen-bond acceptors (Lipinski definition) is 7. The Morgan fingerprint density at radius 3 is 2.68 bits per heavy atom. The minimum absolute atomic E-state index is 0.108. The van der Waals surface area contributed by atoms with Crippen LogP contribution in [-0.2, 0) is 14.4 Å². The lowest BCUT2D eigenvalue weighted by atomic mass is 9.68. The van der Waals surface area contributed by atoms with Crippen molar-refractivity contribution in [1.82, 2.24) is 4.98 Å². The number of esters is 1. The van der Waals surface area contributed by atoms with Gasteiger partial charge in [0.15, 0.2) is 5.13 Å². The highest BCUT2D eigenvalue weighted by Crippen LogP contribution is 2.46. The Labute approximate surface area is 133 Å². The van der Waals surface area contributed by atoms with Gasteiger partial charge < -0.3 is 15.3 Å². The van der Waals surface area contributed by atoms with Crippen molar-refractivity contribution >= 4 is 28.1 Å². The van der Waals surface area contributed by atoms with Crippen molar-refractivity contribution in [3.8, 4) is 0 Å². The van der Waals surface area contributed by atoms with E-state index in [4.69, 9.17) is 15.3 Å². The number of carbonyl (C=O) groups is 1. The van der Waals surface area contributed by atoms with Crippen LogP contribution in [0.2, 0.25) is 0 Å². The number of ether oxygens (including phenoxy) is 1. The molecule has 0 saturated heterocycles. The zero-order valence-electron chi connectivity index (χ0n) is 12.7. The summed E-state index contributed by atoms with van der Waals surface area (Å²) in [6, 6.07) is 0. The van der Waals surface area contributed by atoms with Gasteiger partial charge in [-0.05, 0) is 51.4 Å². The van der Waals surface area contributed by atoms with Crippen molar-refractivity contribution in [2.45, 2.75) is 51.0 Å². The Hall–Kier alpha value is -1.63. The molecule has 4 rings (SSSR count). The van der Waals surface area contributed by atoms with Crippen molar-refractivity contribution in [3.63, 3.8) is 0 Å². The number of carbonyl (C=O) groups excluding carboxylic acids is 1. The van der Waals surface area contributed by atoms with Crippen LogP contribution in [0.3, 0.4) is 0 Å². The van der Waals surface area contributed by atoms with Gasteiger partial charge in [-0.3, -0.25) is 0 Å². The highest BCUT2D eigenvalue weighted by atomic mass is 32.1. The summed E-state index contributed by atoms with van der Waals surface area (Å²) in [5, 5.41) is 6.24. The van der Waals surface area contributed by atoms with Gasteiger partial charge in [-0.25, -0.2) is 9.78 Å². The van der Waals surface area contributed by atoms with Gasteiger partial charge in [0.05, 0.1) is 6.61 Å². The van der Waals surface area contributed by atoms with Crippen LogP contribution >= 0.6 is 11.3 Å². The number of hydrogen-bond donors (Lipinski definition) is 1. The summed E-state index contributed by atoms with van der Waals surface area (Å²) in [5.74, 6) is 0.325. The zero-order chi connectivity index (χ0) is 15.6. The van der Waals surface area contributed by atoms with Crippen molar-refractivity contribution in [2.75, 3.05) is 12.3 Å². The molecular weight excluding hydrogens is 302 g/mol. The highest BCUT2D eigenvalue weighted by Gasteiger charge is 2.43. The number of rotatable bonds is 5. The molecule has 2 bridgehead atoms. The van der Waals surface area contributed by atoms with Gasteiger partial charge in [0, 0.05) is 5.38 Å². The van der Waals surface area contributed by atoms with Crippen molar-refractivity contribution < 1.29 is 14.4 Å². The molecule has 6 nitrogen and oxygen atoms in total. The number of nitrogen functional groups attached to an aromatic ring is 1. The number of aromatic nitrogens is 1. The first-order valence-corrected chi connectivity index (χ1v) is 8.64. The fourth-order valence-electron chi connectivity index (χ4n) is 3.27. The fraction of sp³-hybridized carbons (Fsp3) is 0.667. The first kappa shape index (κ1) is 15.3. The van der Waals surface area contributed by atoms with E-state index in [1.165, 1.54) is 30.6 Å². The number of thiazole rings is 1. The Morgan fingerprint density at radius 2 is 2.14 bits per heavy atom. The van der Waals surface area contributed by atoms with Gasteiger partial charge in [-0.15, -0.1) is 11.3 Å². The van der Waals surface area contributed by atoms with Gasteiger partial charge in [0.25, 0.3) is 0 Å². The maximum atomic E-state index is 12.1. The summed E-state index contributed by atoms with van der Waals surface area (Å²) in [4.78, 5) is 22.1. The van der Waals surface area contributed by atoms with Crippen LogP contribution in [0.4, 0.5) is 5.13 Å². The SMILES string of the molecule is CCOC(=O)/C(=N\OC12CCC(CC1)CC2)c1csc(N)n1. The van der Waals surface area contributed by atoms with Gasteiger partial charge >= 0.3 is 5.97 Å². The molecule has 0 atom stereocenters.